The Hall–Kier alpha value is -4.61. The van der Waals surface area contributed by atoms with Gasteiger partial charge in [0.2, 0.25) is 5.91 Å². The van der Waals surface area contributed by atoms with Crippen molar-refractivity contribution < 1.29 is 19.4 Å². The summed E-state index contributed by atoms with van der Waals surface area (Å²) in [5.41, 5.74) is 4.38. The molecule has 1 heterocycles. The number of anilines is 1. The molecule has 7 nitrogen and oxygen atoms in total. The number of ether oxygens (including phenoxy) is 1. The minimum Gasteiger partial charge on any atom is -0.497 e. The van der Waals surface area contributed by atoms with Crippen molar-refractivity contribution in [3.05, 3.63) is 96.1 Å². The fourth-order valence-corrected chi connectivity index (χ4v) is 4.59. The molecule has 37 heavy (non-hydrogen) atoms. The number of aromatic nitrogens is 1. The van der Waals surface area contributed by atoms with Crippen molar-refractivity contribution in [2.24, 2.45) is 0 Å². The molecule has 0 unspecified atom stereocenters. The Morgan fingerprint density at radius 3 is 2.32 bits per heavy atom. The normalized spacial score (nSPS) is 10.4. The third kappa shape index (κ3) is 6.34. The highest BCUT2D eigenvalue weighted by Gasteiger charge is 2.17. The van der Waals surface area contributed by atoms with Gasteiger partial charge in [0, 0.05) is 29.0 Å². The quantitative estimate of drug-likeness (QED) is 0.262. The number of amides is 1. The highest BCUT2D eigenvalue weighted by atomic mass is 32.2. The molecule has 0 aliphatic rings. The van der Waals surface area contributed by atoms with Crippen LogP contribution in [-0.2, 0) is 4.79 Å². The molecule has 0 bridgehead atoms. The largest absolute Gasteiger partial charge is 0.497 e. The topological polar surface area (TPSA) is 112 Å². The highest BCUT2D eigenvalue weighted by molar-refractivity contribution is 7.99. The molecule has 184 valence electrons. The van der Waals surface area contributed by atoms with E-state index in [2.05, 4.69) is 11.4 Å². The van der Waals surface area contributed by atoms with Gasteiger partial charge in [-0.1, -0.05) is 42.5 Å². The number of methoxy groups -OCH3 is 1. The molecular formula is C29H23N3O4S. The van der Waals surface area contributed by atoms with E-state index in [0.29, 0.717) is 22.0 Å². The monoisotopic (exact) mass is 509 g/mol. The predicted molar refractivity (Wildman–Crippen MR) is 144 cm³/mol. The van der Waals surface area contributed by atoms with Crippen LogP contribution in [-0.4, -0.2) is 34.8 Å². The third-order valence-corrected chi connectivity index (χ3v) is 6.53. The van der Waals surface area contributed by atoms with Crippen molar-refractivity contribution >= 4 is 29.3 Å². The van der Waals surface area contributed by atoms with Crippen LogP contribution in [0.1, 0.15) is 22.3 Å². The molecule has 8 heteroatoms. The first-order valence-corrected chi connectivity index (χ1v) is 12.4. The molecule has 2 N–H and O–H groups in total. The molecule has 0 saturated heterocycles. The van der Waals surface area contributed by atoms with Gasteiger partial charge in [0.15, 0.2) is 0 Å². The summed E-state index contributed by atoms with van der Waals surface area (Å²) < 4.78 is 5.27. The van der Waals surface area contributed by atoms with Crippen LogP contribution < -0.4 is 10.1 Å². The van der Waals surface area contributed by atoms with Crippen LogP contribution in [0.3, 0.4) is 0 Å². The number of aromatic carboxylic acids is 1. The molecule has 4 rings (SSSR count). The lowest BCUT2D eigenvalue weighted by atomic mass is 9.99. The van der Waals surface area contributed by atoms with E-state index >= 15 is 0 Å². The fourth-order valence-electron chi connectivity index (χ4n) is 3.65. The van der Waals surface area contributed by atoms with E-state index in [1.54, 1.807) is 19.2 Å². The number of nitriles is 1. The molecule has 0 saturated carbocycles. The average Bonchev–Trinajstić information content (AvgIpc) is 2.93. The number of carbonyl (C=O) groups is 2. The SMILES string of the molecule is COc1ccc(-c2cc(-c3ccccc3)nc(SCCC(=O)Nc3ccc(C(=O)O)cc3)c2C#N)cc1. The lowest BCUT2D eigenvalue weighted by molar-refractivity contribution is -0.115. The van der Waals surface area contributed by atoms with Gasteiger partial charge < -0.3 is 15.2 Å². The Balaban J connectivity index is 1.56. The number of thioether (sulfide) groups is 1. The van der Waals surface area contributed by atoms with Crippen molar-refractivity contribution in [1.29, 1.82) is 5.26 Å². The van der Waals surface area contributed by atoms with E-state index in [1.807, 2.05) is 60.7 Å². The molecule has 0 aliphatic carbocycles. The van der Waals surface area contributed by atoms with Gasteiger partial charge in [-0.2, -0.15) is 5.26 Å². The smallest absolute Gasteiger partial charge is 0.335 e. The molecule has 1 aromatic heterocycles. The van der Waals surface area contributed by atoms with Crippen LogP contribution in [0.15, 0.2) is 90.0 Å². The van der Waals surface area contributed by atoms with Crippen molar-refractivity contribution in [2.45, 2.75) is 11.4 Å². The number of carbonyl (C=O) groups excluding carboxylic acids is 1. The van der Waals surface area contributed by atoms with Gasteiger partial charge in [-0.05, 0) is 48.0 Å². The second-order valence-electron chi connectivity index (χ2n) is 7.97. The zero-order valence-electron chi connectivity index (χ0n) is 20.0. The van der Waals surface area contributed by atoms with Gasteiger partial charge in [0.05, 0.1) is 23.9 Å². The summed E-state index contributed by atoms with van der Waals surface area (Å²) in [5.74, 6) is -0.121. The van der Waals surface area contributed by atoms with Crippen molar-refractivity contribution in [3.8, 4) is 34.2 Å². The highest BCUT2D eigenvalue weighted by Crippen LogP contribution is 2.35. The van der Waals surface area contributed by atoms with Crippen molar-refractivity contribution in [1.82, 2.24) is 4.98 Å². The van der Waals surface area contributed by atoms with Crippen molar-refractivity contribution in [3.63, 3.8) is 0 Å². The Morgan fingerprint density at radius 2 is 1.70 bits per heavy atom. The maximum absolute atomic E-state index is 12.5. The Labute approximate surface area is 218 Å². The minimum atomic E-state index is -1.03. The number of rotatable bonds is 9. The summed E-state index contributed by atoms with van der Waals surface area (Å²) in [6, 6.07) is 27.4. The standard InChI is InChI=1S/C29H23N3O4S/c1-36-23-13-9-19(10-14-23)24-17-26(20-5-3-2-4-6-20)32-28(25(24)18-30)37-16-15-27(33)31-22-11-7-21(8-12-22)29(34)35/h2-14,17H,15-16H2,1H3,(H,31,33)(H,34,35). The second kappa shape index (κ2) is 11.9. The van der Waals surface area contributed by atoms with Gasteiger partial charge in [-0.15, -0.1) is 11.8 Å². The van der Waals surface area contributed by atoms with Crippen LogP contribution in [0.4, 0.5) is 5.69 Å². The number of nitrogens with one attached hydrogen (secondary N) is 1. The number of nitrogens with zero attached hydrogens (tertiary/aromatic N) is 2. The zero-order valence-corrected chi connectivity index (χ0v) is 20.8. The minimum absolute atomic E-state index is 0.148. The molecule has 1 amide bonds. The van der Waals surface area contributed by atoms with Gasteiger partial charge in [0.25, 0.3) is 0 Å². The number of pyridine rings is 1. The molecule has 0 radical (unpaired) electrons. The summed E-state index contributed by atoms with van der Waals surface area (Å²) in [5, 5.41) is 22.4. The van der Waals surface area contributed by atoms with E-state index in [0.717, 1.165) is 28.1 Å². The van der Waals surface area contributed by atoms with E-state index < -0.39 is 5.97 Å². The fraction of sp³-hybridized carbons (Fsp3) is 0.103. The number of carboxylic acid groups (broad SMARTS) is 1. The van der Waals surface area contributed by atoms with E-state index in [-0.39, 0.29) is 17.9 Å². The first-order chi connectivity index (χ1) is 18.0. The summed E-state index contributed by atoms with van der Waals surface area (Å²) >= 11 is 1.35. The molecule has 3 aromatic carbocycles. The first-order valence-electron chi connectivity index (χ1n) is 11.4. The molecular weight excluding hydrogens is 486 g/mol. The maximum Gasteiger partial charge on any atom is 0.335 e. The number of hydrogen-bond acceptors (Lipinski definition) is 6. The lowest BCUT2D eigenvalue weighted by Crippen LogP contribution is -2.12. The summed E-state index contributed by atoms with van der Waals surface area (Å²) in [4.78, 5) is 28.2. The van der Waals surface area contributed by atoms with Gasteiger partial charge in [-0.25, -0.2) is 9.78 Å². The maximum atomic E-state index is 12.5. The summed E-state index contributed by atoms with van der Waals surface area (Å²) in [6.07, 6.45) is 0.186. The van der Waals surface area contributed by atoms with Crippen LogP contribution in [0.25, 0.3) is 22.4 Å². The second-order valence-corrected chi connectivity index (χ2v) is 9.05. The Kier molecular flexibility index (Phi) is 8.18. The molecule has 0 atom stereocenters. The average molecular weight is 510 g/mol. The first kappa shape index (κ1) is 25.5. The van der Waals surface area contributed by atoms with Gasteiger partial charge >= 0.3 is 5.97 Å². The van der Waals surface area contributed by atoms with E-state index in [4.69, 9.17) is 14.8 Å². The molecule has 0 spiro atoms. The van der Waals surface area contributed by atoms with E-state index in [9.17, 15) is 14.9 Å². The summed E-state index contributed by atoms with van der Waals surface area (Å²) in [7, 11) is 1.60. The molecule has 0 aliphatic heterocycles. The van der Waals surface area contributed by atoms with Crippen molar-refractivity contribution in [2.75, 3.05) is 18.2 Å². The van der Waals surface area contributed by atoms with Gasteiger partial charge in [-0.3, -0.25) is 4.79 Å². The molecule has 0 fully saturated rings. The Morgan fingerprint density at radius 1 is 1.00 bits per heavy atom. The number of carboxylic acids is 1. The lowest BCUT2D eigenvalue weighted by Gasteiger charge is -2.13. The van der Waals surface area contributed by atoms with Crippen LogP contribution in [0.2, 0.25) is 0 Å². The Bertz CT molecular complexity index is 1450. The van der Waals surface area contributed by atoms with Crippen LogP contribution >= 0.6 is 11.8 Å². The van der Waals surface area contributed by atoms with Crippen LogP contribution in [0.5, 0.6) is 5.75 Å². The zero-order chi connectivity index (χ0) is 26.2. The van der Waals surface area contributed by atoms with Gasteiger partial charge in [0.1, 0.15) is 16.8 Å². The number of benzene rings is 3. The molecule has 4 aromatic rings. The summed E-state index contributed by atoms with van der Waals surface area (Å²) in [6.45, 7) is 0. The predicted octanol–water partition coefficient (Wildman–Crippen LogP) is 6.11. The van der Waals surface area contributed by atoms with Crippen LogP contribution in [0, 0.1) is 11.3 Å². The number of hydrogen-bond donors (Lipinski definition) is 2. The van der Waals surface area contributed by atoms with E-state index in [1.165, 1.54) is 23.9 Å². The third-order valence-electron chi connectivity index (χ3n) is 5.55.